The SMILES string of the molecule is O=C(Cc1ccc2ccccc2n1)CC1CCCCC1. The molecule has 0 atom stereocenters. The Kier molecular flexibility index (Phi) is 4.10. The van der Waals surface area contributed by atoms with Crippen molar-refractivity contribution in [3.05, 3.63) is 42.1 Å². The molecule has 0 radical (unpaired) electrons. The minimum atomic E-state index is 0.347. The highest BCUT2D eigenvalue weighted by Gasteiger charge is 2.17. The second kappa shape index (κ2) is 6.17. The van der Waals surface area contributed by atoms with Crippen LogP contribution in [0.3, 0.4) is 0 Å². The number of carbonyl (C=O) groups excluding carboxylic acids is 1. The third kappa shape index (κ3) is 3.24. The van der Waals surface area contributed by atoms with Gasteiger partial charge in [0.2, 0.25) is 0 Å². The lowest BCUT2D eigenvalue weighted by Gasteiger charge is -2.20. The van der Waals surface area contributed by atoms with Crippen LogP contribution >= 0.6 is 0 Å². The Morgan fingerprint density at radius 3 is 2.70 bits per heavy atom. The molecule has 2 heteroatoms. The van der Waals surface area contributed by atoms with Crippen LogP contribution in [0.2, 0.25) is 0 Å². The Labute approximate surface area is 120 Å². The van der Waals surface area contributed by atoms with Gasteiger partial charge in [0.15, 0.2) is 0 Å². The summed E-state index contributed by atoms with van der Waals surface area (Å²) in [6.45, 7) is 0. The molecule has 0 aliphatic heterocycles. The average molecular weight is 267 g/mol. The van der Waals surface area contributed by atoms with E-state index in [2.05, 4.69) is 17.1 Å². The standard InChI is InChI=1S/C18H21NO/c20-17(12-14-6-2-1-3-7-14)13-16-11-10-15-8-4-5-9-18(15)19-16/h4-5,8-11,14H,1-3,6-7,12-13H2. The number of rotatable bonds is 4. The number of carbonyl (C=O) groups is 1. The molecule has 0 amide bonds. The minimum absolute atomic E-state index is 0.347. The van der Waals surface area contributed by atoms with Crippen molar-refractivity contribution in [3.63, 3.8) is 0 Å². The lowest BCUT2D eigenvalue weighted by Crippen LogP contribution is -2.14. The normalized spacial score (nSPS) is 16.4. The quantitative estimate of drug-likeness (QED) is 0.826. The maximum Gasteiger partial charge on any atom is 0.139 e. The molecular formula is C18H21NO. The van der Waals surface area contributed by atoms with Crippen LogP contribution in [0.4, 0.5) is 0 Å². The summed E-state index contributed by atoms with van der Waals surface area (Å²) in [5, 5.41) is 1.14. The molecule has 1 fully saturated rings. The van der Waals surface area contributed by atoms with E-state index in [0.29, 0.717) is 18.1 Å². The van der Waals surface area contributed by atoms with Gasteiger partial charge in [-0.15, -0.1) is 0 Å². The monoisotopic (exact) mass is 267 g/mol. The third-order valence-corrected chi connectivity index (χ3v) is 4.28. The zero-order valence-electron chi connectivity index (χ0n) is 11.8. The maximum absolute atomic E-state index is 12.2. The molecule has 0 N–H and O–H groups in total. The molecule has 2 aromatic rings. The average Bonchev–Trinajstić information content (AvgIpc) is 2.48. The summed E-state index contributed by atoms with van der Waals surface area (Å²) < 4.78 is 0. The molecule has 1 aliphatic rings. The number of ketones is 1. The number of para-hydroxylation sites is 1. The van der Waals surface area contributed by atoms with Gasteiger partial charge in [0.05, 0.1) is 5.52 Å². The van der Waals surface area contributed by atoms with Crippen LogP contribution in [-0.4, -0.2) is 10.8 Å². The molecule has 0 spiro atoms. The predicted molar refractivity (Wildman–Crippen MR) is 81.6 cm³/mol. The molecule has 20 heavy (non-hydrogen) atoms. The van der Waals surface area contributed by atoms with Crippen molar-refractivity contribution in [2.24, 2.45) is 5.92 Å². The number of fused-ring (bicyclic) bond motifs is 1. The van der Waals surface area contributed by atoms with Crippen molar-refractivity contribution in [2.45, 2.75) is 44.9 Å². The van der Waals surface area contributed by atoms with E-state index in [1.807, 2.05) is 24.3 Å². The van der Waals surface area contributed by atoms with Gasteiger partial charge in [-0.2, -0.15) is 0 Å². The molecule has 3 rings (SSSR count). The fraction of sp³-hybridized carbons (Fsp3) is 0.444. The van der Waals surface area contributed by atoms with Crippen molar-refractivity contribution in [1.29, 1.82) is 0 Å². The molecule has 1 aromatic carbocycles. The number of pyridine rings is 1. The molecular weight excluding hydrogens is 246 g/mol. The highest BCUT2D eigenvalue weighted by molar-refractivity contribution is 5.82. The second-order valence-corrected chi connectivity index (χ2v) is 5.92. The molecule has 0 unspecified atom stereocenters. The Morgan fingerprint density at radius 2 is 1.85 bits per heavy atom. The van der Waals surface area contributed by atoms with Crippen molar-refractivity contribution in [1.82, 2.24) is 4.98 Å². The maximum atomic E-state index is 12.2. The molecule has 104 valence electrons. The van der Waals surface area contributed by atoms with E-state index in [1.165, 1.54) is 32.1 Å². The summed E-state index contributed by atoms with van der Waals surface area (Å²) in [5.41, 5.74) is 1.89. The van der Waals surface area contributed by atoms with Crippen molar-refractivity contribution in [3.8, 4) is 0 Å². The van der Waals surface area contributed by atoms with Gasteiger partial charge in [-0.1, -0.05) is 56.4 Å². The Morgan fingerprint density at radius 1 is 1.05 bits per heavy atom. The predicted octanol–water partition coefficient (Wildman–Crippen LogP) is 4.32. The third-order valence-electron chi connectivity index (χ3n) is 4.28. The fourth-order valence-electron chi connectivity index (χ4n) is 3.19. The summed E-state index contributed by atoms with van der Waals surface area (Å²) in [5.74, 6) is 0.969. The summed E-state index contributed by atoms with van der Waals surface area (Å²) in [4.78, 5) is 16.8. The van der Waals surface area contributed by atoms with Gasteiger partial charge in [-0.25, -0.2) is 0 Å². The first-order valence-electron chi connectivity index (χ1n) is 7.67. The topological polar surface area (TPSA) is 30.0 Å². The zero-order chi connectivity index (χ0) is 13.8. The van der Waals surface area contributed by atoms with Crippen LogP contribution < -0.4 is 0 Å². The summed E-state index contributed by atoms with van der Waals surface area (Å²) in [6.07, 6.45) is 7.64. The van der Waals surface area contributed by atoms with Gasteiger partial charge < -0.3 is 0 Å². The largest absolute Gasteiger partial charge is 0.299 e. The van der Waals surface area contributed by atoms with Gasteiger partial charge in [0, 0.05) is 23.9 Å². The van der Waals surface area contributed by atoms with Gasteiger partial charge in [0.1, 0.15) is 5.78 Å². The number of hydrogen-bond acceptors (Lipinski definition) is 2. The van der Waals surface area contributed by atoms with E-state index in [-0.39, 0.29) is 0 Å². The molecule has 0 saturated heterocycles. The van der Waals surface area contributed by atoms with Crippen LogP contribution in [-0.2, 0) is 11.2 Å². The van der Waals surface area contributed by atoms with Crippen molar-refractivity contribution < 1.29 is 4.79 Å². The Bertz CT molecular complexity index is 599. The van der Waals surface area contributed by atoms with Crippen LogP contribution in [0.5, 0.6) is 0 Å². The van der Waals surface area contributed by atoms with Gasteiger partial charge in [0.25, 0.3) is 0 Å². The van der Waals surface area contributed by atoms with E-state index in [9.17, 15) is 4.79 Å². The molecule has 0 bridgehead atoms. The molecule has 1 saturated carbocycles. The van der Waals surface area contributed by atoms with Gasteiger partial charge in [-0.3, -0.25) is 9.78 Å². The number of Topliss-reactive ketones (excluding diaryl/α,β-unsaturated/α-hetero) is 1. The number of benzene rings is 1. The van der Waals surface area contributed by atoms with E-state index >= 15 is 0 Å². The first kappa shape index (κ1) is 13.3. The smallest absolute Gasteiger partial charge is 0.139 e. The van der Waals surface area contributed by atoms with E-state index < -0.39 is 0 Å². The number of hydrogen-bond donors (Lipinski definition) is 0. The lowest BCUT2D eigenvalue weighted by molar-refractivity contribution is -0.119. The Balaban J connectivity index is 1.64. The first-order chi connectivity index (χ1) is 9.81. The van der Waals surface area contributed by atoms with Crippen molar-refractivity contribution >= 4 is 16.7 Å². The van der Waals surface area contributed by atoms with Gasteiger partial charge in [-0.05, 0) is 18.1 Å². The summed E-state index contributed by atoms with van der Waals surface area (Å²) in [6, 6.07) is 12.1. The van der Waals surface area contributed by atoms with Crippen LogP contribution in [0, 0.1) is 5.92 Å². The highest BCUT2D eigenvalue weighted by Crippen LogP contribution is 2.26. The van der Waals surface area contributed by atoms with E-state index in [1.54, 1.807) is 0 Å². The molecule has 1 heterocycles. The minimum Gasteiger partial charge on any atom is -0.299 e. The first-order valence-corrected chi connectivity index (χ1v) is 7.67. The Hall–Kier alpha value is -1.70. The number of nitrogens with zero attached hydrogens (tertiary/aromatic N) is 1. The summed E-state index contributed by atoms with van der Waals surface area (Å²) >= 11 is 0. The zero-order valence-corrected chi connectivity index (χ0v) is 11.8. The van der Waals surface area contributed by atoms with E-state index in [4.69, 9.17) is 0 Å². The second-order valence-electron chi connectivity index (χ2n) is 5.92. The van der Waals surface area contributed by atoms with E-state index in [0.717, 1.165) is 23.0 Å². The van der Waals surface area contributed by atoms with Crippen LogP contribution in [0.15, 0.2) is 36.4 Å². The molecule has 2 nitrogen and oxygen atoms in total. The number of aromatic nitrogens is 1. The molecule has 1 aromatic heterocycles. The van der Waals surface area contributed by atoms with Gasteiger partial charge >= 0.3 is 0 Å². The van der Waals surface area contributed by atoms with Crippen molar-refractivity contribution in [2.75, 3.05) is 0 Å². The van der Waals surface area contributed by atoms with Crippen LogP contribution in [0.25, 0.3) is 10.9 Å². The molecule has 1 aliphatic carbocycles. The highest BCUT2D eigenvalue weighted by atomic mass is 16.1. The van der Waals surface area contributed by atoms with Crippen LogP contribution in [0.1, 0.15) is 44.2 Å². The lowest BCUT2D eigenvalue weighted by atomic mass is 9.85. The fourth-order valence-corrected chi connectivity index (χ4v) is 3.19. The summed E-state index contributed by atoms with van der Waals surface area (Å²) in [7, 11) is 0.